The maximum atomic E-state index is 5.65. The number of aryl methyl sites for hydroxylation is 1. The van der Waals surface area contributed by atoms with Crippen molar-refractivity contribution < 1.29 is 0 Å². The molecule has 2 aromatic carbocycles. The fourth-order valence-corrected chi connectivity index (χ4v) is 2.11. The number of hydrogen-bond acceptors (Lipinski definition) is 2. The van der Waals surface area contributed by atoms with Gasteiger partial charge in [0.25, 0.3) is 0 Å². The zero-order chi connectivity index (χ0) is 13.5. The molecule has 0 atom stereocenters. The predicted octanol–water partition coefficient (Wildman–Crippen LogP) is 3.00. The molecule has 2 rings (SSSR count). The molecule has 0 fully saturated rings. The zero-order valence-electron chi connectivity index (χ0n) is 11.5. The second kappa shape index (κ2) is 7.07. The Labute approximate surface area is 115 Å². The van der Waals surface area contributed by atoms with Crippen molar-refractivity contribution in [3.05, 3.63) is 70.8 Å². The summed E-state index contributed by atoms with van der Waals surface area (Å²) in [4.78, 5) is 0. The highest BCUT2D eigenvalue weighted by Gasteiger charge is 1.96. The molecule has 2 aromatic rings. The second-order valence-electron chi connectivity index (χ2n) is 4.80. The van der Waals surface area contributed by atoms with Crippen LogP contribution in [0.3, 0.4) is 0 Å². The van der Waals surface area contributed by atoms with Crippen LogP contribution in [0.2, 0.25) is 0 Å². The SMILES string of the molecule is CCc1ccc(CNCc2cccc(CN)c2)cc1. The lowest BCUT2D eigenvalue weighted by Crippen LogP contribution is -2.13. The van der Waals surface area contributed by atoms with Crippen LogP contribution in [0.4, 0.5) is 0 Å². The van der Waals surface area contributed by atoms with Gasteiger partial charge in [-0.05, 0) is 28.7 Å². The van der Waals surface area contributed by atoms with E-state index in [0.29, 0.717) is 6.54 Å². The van der Waals surface area contributed by atoms with Crippen LogP contribution in [0, 0.1) is 0 Å². The topological polar surface area (TPSA) is 38.0 Å². The Morgan fingerprint density at radius 1 is 0.842 bits per heavy atom. The zero-order valence-corrected chi connectivity index (χ0v) is 11.5. The molecule has 0 aliphatic heterocycles. The number of nitrogens with two attached hydrogens (primary N) is 1. The van der Waals surface area contributed by atoms with E-state index in [1.807, 2.05) is 0 Å². The molecular formula is C17H22N2. The summed E-state index contributed by atoms with van der Waals surface area (Å²) in [6.07, 6.45) is 1.10. The van der Waals surface area contributed by atoms with Gasteiger partial charge in [0.1, 0.15) is 0 Å². The predicted molar refractivity (Wildman–Crippen MR) is 80.7 cm³/mol. The Balaban J connectivity index is 1.85. The van der Waals surface area contributed by atoms with Gasteiger partial charge in [0.2, 0.25) is 0 Å². The fraction of sp³-hybridized carbons (Fsp3) is 0.294. The Morgan fingerprint density at radius 2 is 1.47 bits per heavy atom. The van der Waals surface area contributed by atoms with Crippen LogP contribution in [0.5, 0.6) is 0 Å². The van der Waals surface area contributed by atoms with Crippen LogP contribution in [-0.4, -0.2) is 0 Å². The van der Waals surface area contributed by atoms with Gasteiger partial charge in [-0.15, -0.1) is 0 Å². The first-order valence-electron chi connectivity index (χ1n) is 6.88. The highest BCUT2D eigenvalue weighted by molar-refractivity contribution is 5.24. The number of nitrogens with one attached hydrogen (secondary N) is 1. The second-order valence-corrected chi connectivity index (χ2v) is 4.80. The maximum absolute atomic E-state index is 5.65. The monoisotopic (exact) mass is 254 g/mol. The molecule has 0 aliphatic rings. The maximum Gasteiger partial charge on any atom is 0.0208 e. The van der Waals surface area contributed by atoms with Gasteiger partial charge in [-0.3, -0.25) is 0 Å². The molecule has 0 aromatic heterocycles. The van der Waals surface area contributed by atoms with Crippen molar-refractivity contribution in [3.8, 4) is 0 Å². The summed E-state index contributed by atoms with van der Waals surface area (Å²) in [6, 6.07) is 17.2. The molecule has 0 saturated heterocycles. The molecule has 19 heavy (non-hydrogen) atoms. The Morgan fingerprint density at radius 3 is 2.16 bits per heavy atom. The van der Waals surface area contributed by atoms with Crippen molar-refractivity contribution in [1.82, 2.24) is 5.32 Å². The molecule has 2 heteroatoms. The van der Waals surface area contributed by atoms with E-state index in [1.54, 1.807) is 0 Å². The largest absolute Gasteiger partial charge is 0.326 e. The molecule has 0 unspecified atom stereocenters. The minimum absolute atomic E-state index is 0.603. The van der Waals surface area contributed by atoms with E-state index in [0.717, 1.165) is 19.5 Å². The molecule has 2 nitrogen and oxygen atoms in total. The summed E-state index contributed by atoms with van der Waals surface area (Å²) < 4.78 is 0. The van der Waals surface area contributed by atoms with Crippen molar-refractivity contribution in [1.29, 1.82) is 0 Å². The molecule has 0 bridgehead atoms. The average Bonchev–Trinajstić information content (AvgIpc) is 2.48. The smallest absolute Gasteiger partial charge is 0.0208 e. The summed E-state index contributed by atoms with van der Waals surface area (Å²) in [6.45, 7) is 4.56. The van der Waals surface area contributed by atoms with Crippen molar-refractivity contribution in [2.75, 3.05) is 0 Å². The van der Waals surface area contributed by atoms with Gasteiger partial charge >= 0.3 is 0 Å². The molecule has 3 N–H and O–H groups in total. The Hall–Kier alpha value is -1.64. The van der Waals surface area contributed by atoms with E-state index in [4.69, 9.17) is 5.73 Å². The lowest BCUT2D eigenvalue weighted by atomic mass is 10.1. The summed E-state index contributed by atoms with van der Waals surface area (Å²) >= 11 is 0. The van der Waals surface area contributed by atoms with Crippen LogP contribution in [-0.2, 0) is 26.1 Å². The average molecular weight is 254 g/mol. The Kier molecular flexibility index (Phi) is 5.13. The quantitative estimate of drug-likeness (QED) is 0.831. The minimum Gasteiger partial charge on any atom is -0.326 e. The molecule has 0 radical (unpaired) electrons. The summed E-state index contributed by atoms with van der Waals surface area (Å²) in [5, 5.41) is 3.47. The number of hydrogen-bond donors (Lipinski definition) is 2. The van der Waals surface area contributed by atoms with Crippen LogP contribution in [0.1, 0.15) is 29.2 Å². The molecule has 0 saturated carbocycles. The number of benzene rings is 2. The normalized spacial score (nSPS) is 10.6. The summed E-state index contributed by atoms with van der Waals surface area (Å²) in [7, 11) is 0. The van der Waals surface area contributed by atoms with E-state index >= 15 is 0 Å². The molecule has 0 heterocycles. The van der Waals surface area contributed by atoms with Crippen molar-refractivity contribution in [2.45, 2.75) is 33.0 Å². The summed E-state index contributed by atoms with van der Waals surface area (Å²) in [5.41, 5.74) is 10.8. The van der Waals surface area contributed by atoms with Gasteiger partial charge in [0.15, 0.2) is 0 Å². The lowest BCUT2D eigenvalue weighted by Gasteiger charge is -2.07. The summed E-state index contributed by atoms with van der Waals surface area (Å²) in [5.74, 6) is 0. The van der Waals surface area contributed by atoms with Gasteiger partial charge < -0.3 is 11.1 Å². The van der Waals surface area contributed by atoms with E-state index in [1.165, 1.54) is 22.3 Å². The first kappa shape index (κ1) is 13.8. The van der Waals surface area contributed by atoms with E-state index in [2.05, 4.69) is 60.8 Å². The molecule has 0 aliphatic carbocycles. The highest BCUT2D eigenvalue weighted by Crippen LogP contribution is 2.07. The van der Waals surface area contributed by atoms with Gasteiger partial charge in [-0.25, -0.2) is 0 Å². The molecule has 0 amide bonds. The Bertz CT molecular complexity index is 503. The first-order chi connectivity index (χ1) is 9.31. The van der Waals surface area contributed by atoms with Crippen LogP contribution in [0.25, 0.3) is 0 Å². The fourth-order valence-electron chi connectivity index (χ4n) is 2.11. The van der Waals surface area contributed by atoms with Crippen molar-refractivity contribution >= 4 is 0 Å². The van der Waals surface area contributed by atoms with Crippen LogP contribution < -0.4 is 11.1 Å². The van der Waals surface area contributed by atoms with E-state index in [-0.39, 0.29) is 0 Å². The molecule has 0 spiro atoms. The molecular weight excluding hydrogens is 232 g/mol. The first-order valence-corrected chi connectivity index (χ1v) is 6.88. The number of rotatable bonds is 6. The third-order valence-electron chi connectivity index (χ3n) is 3.32. The van der Waals surface area contributed by atoms with Crippen LogP contribution >= 0.6 is 0 Å². The van der Waals surface area contributed by atoms with Crippen molar-refractivity contribution in [2.24, 2.45) is 5.73 Å². The van der Waals surface area contributed by atoms with E-state index in [9.17, 15) is 0 Å². The lowest BCUT2D eigenvalue weighted by molar-refractivity contribution is 0.692. The third-order valence-corrected chi connectivity index (χ3v) is 3.32. The van der Waals surface area contributed by atoms with Crippen LogP contribution in [0.15, 0.2) is 48.5 Å². The highest BCUT2D eigenvalue weighted by atomic mass is 14.8. The van der Waals surface area contributed by atoms with Gasteiger partial charge in [0.05, 0.1) is 0 Å². The van der Waals surface area contributed by atoms with Gasteiger partial charge in [-0.1, -0.05) is 55.5 Å². The third kappa shape index (κ3) is 4.19. The van der Waals surface area contributed by atoms with Gasteiger partial charge in [0, 0.05) is 19.6 Å². The van der Waals surface area contributed by atoms with E-state index < -0.39 is 0 Å². The molecule has 100 valence electrons. The van der Waals surface area contributed by atoms with Gasteiger partial charge in [-0.2, -0.15) is 0 Å². The standard InChI is InChI=1S/C17H22N2/c1-2-14-6-8-15(9-7-14)12-19-13-17-5-3-4-16(10-17)11-18/h3-10,19H,2,11-13,18H2,1H3. The van der Waals surface area contributed by atoms with Crippen molar-refractivity contribution in [3.63, 3.8) is 0 Å². The minimum atomic E-state index is 0.603.